The predicted molar refractivity (Wildman–Crippen MR) is 97.3 cm³/mol. The van der Waals surface area contributed by atoms with E-state index < -0.39 is 0 Å². The number of nitrogens with zero attached hydrogens (tertiary/aromatic N) is 1. The molecule has 3 rings (SSSR count). The van der Waals surface area contributed by atoms with Crippen molar-refractivity contribution in [3.05, 3.63) is 66.2 Å². The molecule has 1 amide bonds. The molecular formula is C20H20ClNO2. The average molecular weight is 342 g/mol. The highest BCUT2D eigenvalue weighted by Gasteiger charge is 2.22. The van der Waals surface area contributed by atoms with Crippen molar-refractivity contribution in [1.29, 1.82) is 0 Å². The summed E-state index contributed by atoms with van der Waals surface area (Å²) in [7, 11) is 0. The van der Waals surface area contributed by atoms with E-state index in [1.807, 2.05) is 48.5 Å². The fraction of sp³-hybridized carbons (Fsp3) is 0.250. The molecule has 2 aromatic rings. The second-order valence-electron chi connectivity index (χ2n) is 5.85. The van der Waals surface area contributed by atoms with Crippen molar-refractivity contribution < 1.29 is 9.53 Å². The summed E-state index contributed by atoms with van der Waals surface area (Å²) in [5, 5.41) is 0.679. The van der Waals surface area contributed by atoms with E-state index >= 15 is 0 Å². The minimum Gasteiger partial charge on any atom is -0.490 e. The van der Waals surface area contributed by atoms with Crippen molar-refractivity contribution in [3.8, 4) is 16.9 Å². The van der Waals surface area contributed by atoms with Crippen LogP contribution in [0.25, 0.3) is 11.1 Å². The fourth-order valence-electron chi connectivity index (χ4n) is 2.94. The topological polar surface area (TPSA) is 29.5 Å². The van der Waals surface area contributed by atoms with Crippen LogP contribution in [0.4, 0.5) is 0 Å². The van der Waals surface area contributed by atoms with Crippen molar-refractivity contribution in [2.75, 3.05) is 13.1 Å². The normalized spacial score (nSPS) is 15.1. The molecule has 0 bridgehead atoms. The molecule has 1 aliphatic rings. The Balaban J connectivity index is 1.64. The summed E-state index contributed by atoms with van der Waals surface area (Å²) in [5.41, 5.74) is 2.08. The first kappa shape index (κ1) is 16.6. The molecule has 124 valence electrons. The first-order chi connectivity index (χ1) is 11.7. The molecule has 0 spiro atoms. The largest absolute Gasteiger partial charge is 0.490 e. The molecule has 2 aromatic carbocycles. The van der Waals surface area contributed by atoms with Crippen molar-refractivity contribution in [2.24, 2.45) is 0 Å². The molecule has 1 fully saturated rings. The highest BCUT2D eigenvalue weighted by molar-refractivity contribution is 6.33. The van der Waals surface area contributed by atoms with Crippen molar-refractivity contribution >= 4 is 17.5 Å². The summed E-state index contributed by atoms with van der Waals surface area (Å²) >= 11 is 6.42. The number of rotatable bonds is 4. The van der Waals surface area contributed by atoms with Gasteiger partial charge in [-0.3, -0.25) is 4.79 Å². The summed E-state index contributed by atoms with van der Waals surface area (Å²) in [4.78, 5) is 13.4. The molecule has 0 aromatic heterocycles. The monoisotopic (exact) mass is 341 g/mol. The molecule has 24 heavy (non-hydrogen) atoms. The Morgan fingerprint density at radius 1 is 1.17 bits per heavy atom. The molecular weight excluding hydrogens is 322 g/mol. The van der Waals surface area contributed by atoms with E-state index in [-0.39, 0.29) is 12.0 Å². The summed E-state index contributed by atoms with van der Waals surface area (Å²) in [6, 6.07) is 15.9. The van der Waals surface area contributed by atoms with E-state index in [0.717, 1.165) is 29.7 Å². The van der Waals surface area contributed by atoms with Gasteiger partial charge in [0.15, 0.2) is 0 Å². The molecule has 3 nitrogen and oxygen atoms in total. The van der Waals surface area contributed by atoms with Crippen LogP contribution in [-0.2, 0) is 4.79 Å². The first-order valence-electron chi connectivity index (χ1n) is 8.10. The number of halogens is 1. The van der Waals surface area contributed by atoms with Gasteiger partial charge in [-0.15, -0.1) is 0 Å². The van der Waals surface area contributed by atoms with E-state index in [1.54, 1.807) is 4.90 Å². The van der Waals surface area contributed by atoms with Gasteiger partial charge in [0.25, 0.3) is 0 Å². The molecule has 0 N–H and O–H groups in total. The maximum absolute atomic E-state index is 11.6. The minimum atomic E-state index is -0.0105. The third kappa shape index (κ3) is 3.80. The smallest absolute Gasteiger partial charge is 0.245 e. The summed E-state index contributed by atoms with van der Waals surface area (Å²) in [6.07, 6.45) is 3.11. The molecule has 1 heterocycles. The third-order valence-electron chi connectivity index (χ3n) is 4.26. The second kappa shape index (κ2) is 7.54. The lowest BCUT2D eigenvalue weighted by Gasteiger charge is -2.31. The quantitative estimate of drug-likeness (QED) is 0.763. The number of piperidine rings is 1. The van der Waals surface area contributed by atoms with E-state index in [0.29, 0.717) is 18.1 Å². The Morgan fingerprint density at radius 2 is 1.88 bits per heavy atom. The van der Waals surface area contributed by atoms with Crippen LogP contribution in [0.1, 0.15) is 12.8 Å². The summed E-state index contributed by atoms with van der Waals surface area (Å²) in [6.45, 7) is 4.93. The molecule has 0 atom stereocenters. The predicted octanol–water partition coefficient (Wildman–Crippen LogP) is 4.56. The van der Waals surface area contributed by atoms with Crippen molar-refractivity contribution in [2.45, 2.75) is 18.9 Å². The van der Waals surface area contributed by atoms with Gasteiger partial charge < -0.3 is 9.64 Å². The Kier molecular flexibility index (Phi) is 5.21. The number of benzene rings is 2. The Labute approximate surface area is 147 Å². The van der Waals surface area contributed by atoms with E-state index in [9.17, 15) is 4.79 Å². The second-order valence-corrected chi connectivity index (χ2v) is 6.26. The summed E-state index contributed by atoms with van der Waals surface area (Å²) < 4.78 is 6.04. The summed E-state index contributed by atoms with van der Waals surface area (Å²) in [5.74, 6) is 0.761. The average Bonchev–Trinajstić information content (AvgIpc) is 2.62. The number of likely N-dealkylation sites (tertiary alicyclic amines) is 1. The van der Waals surface area contributed by atoms with Gasteiger partial charge in [-0.2, -0.15) is 0 Å². The zero-order chi connectivity index (χ0) is 16.9. The van der Waals surface area contributed by atoms with Gasteiger partial charge in [0, 0.05) is 31.5 Å². The highest BCUT2D eigenvalue weighted by Crippen LogP contribution is 2.32. The lowest BCUT2D eigenvalue weighted by molar-refractivity contribution is -0.127. The van der Waals surface area contributed by atoms with Crippen LogP contribution in [0.3, 0.4) is 0 Å². The molecule has 0 radical (unpaired) electrons. The van der Waals surface area contributed by atoms with Gasteiger partial charge in [0.1, 0.15) is 11.9 Å². The van der Waals surface area contributed by atoms with Crippen molar-refractivity contribution in [1.82, 2.24) is 4.90 Å². The van der Waals surface area contributed by atoms with Crippen LogP contribution in [0.15, 0.2) is 61.2 Å². The maximum Gasteiger partial charge on any atom is 0.245 e. The number of ether oxygens (including phenoxy) is 1. The number of carbonyl (C=O) groups is 1. The lowest BCUT2D eigenvalue weighted by Crippen LogP contribution is -2.41. The van der Waals surface area contributed by atoms with Gasteiger partial charge in [0.05, 0.1) is 5.02 Å². The standard InChI is InChI=1S/C20H20ClNO2/c1-2-20(23)22-12-10-16(11-13-22)24-17-8-9-18(19(21)14-17)15-6-4-3-5-7-15/h2-9,14,16H,1,10-13H2. The van der Waals surface area contributed by atoms with Gasteiger partial charge >= 0.3 is 0 Å². The third-order valence-corrected chi connectivity index (χ3v) is 4.57. The Bertz CT molecular complexity index is 722. The van der Waals surface area contributed by atoms with Gasteiger partial charge in [0.2, 0.25) is 5.91 Å². The lowest BCUT2D eigenvalue weighted by atomic mass is 10.1. The van der Waals surface area contributed by atoms with Crippen LogP contribution in [0.2, 0.25) is 5.02 Å². The zero-order valence-corrected chi connectivity index (χ0v) is 14.2. The maximum atomic E-state index is 11.6. The van der Waals surface area contributed by atoms with E-state index in [4.69, 9.17) is 16.3 Å². The van der Waals surface area contributed by atoms with Gasteiger partial charge in [-0.25, -0.2) is 0 Å². The fourth-order valence-corrected chi connectivity index (χ4v) is 3.22. The molecule has 4 heteroatoms. The zero-order valence-electron chi connectivity index (χ0n) is 13.5. The molecule has 1 saturated heterocycles. The molecule has 0 saturated carbocycles. The Morgan fingerprint density at radius 3 is 2.50 bits per heavy atom. The van der Waals surface area contributed by atoms with Gasteiger partial charge in [-0.05, 0) is 29.8 Å². The number of hydrogen-bond acceptors (Lipinski definition) is 2. The van der Waals surface area contributed by atoms with E-state index in [1.165, 1.54) is 6.08 Å². The molecule has 1 aliphatic heterocycles. The van der Waals surface area contributed by atoms with E-state index in [2.05, 4.69) is 6.58 Å². The number of hydrogen-bond donors (Lipinski definition) is 0. The number of carbonyl (C=O) groups excluding carboxylic acids is 1. The van der Waals surface area contributed by atoms with Crippen LogP contribution < -0.4 is 4.74 Å². The first-order valence-corrected chi connectivity index (χ1v) is 8.48. The highest BCUT2D eigenvalue weighted by atomic mass is 35.5. The van der Waals surface area contributed by atoms with Crippen LogP contribution in [-0.4, -0.2) is 30.0 Å². The molecule has 0 aliphatic carbocycles. The SMILES string of the molecule is C=CC(=O)N1CCC(Oc2ccc(-c3ccccc3)c(Cl)c2)CC1. The Hall–Kier alpha value is -2.26. The number of amides is 1. The van der Waals surface area contributed by atoms with Crippen LogP contribution in [0.5, 0.6) is 5.75 Å². The molecule has 0 unspecified atom stereocenters. The van der Waals surface area contributed by atoms with Gasteiger partial charge in [-0.1, -0.05) is 48.5 Å². The minimum absolute atomic E-state index is 0.0105. The van der Waals surface area contributed by atoms with Crippen molar-refractivity contribution in [3.63, 3.8) is 0 Å². The van der Waals surface area contributed by atoms with Crippen LogP contribution >= 0.6 is 11.6 Å². The van der Waals surface area contributed by atoms with Crippen LogP contribution in [0, 0.1) is 0 Å².